The Morgan fingerprint density at radius 2 is 1.83 bits per heavy atom. The van der Waals surface area contributed by atoms with E-state index in [1.54, 1.807) is 0 Å². The Morgan fingerprint density at radius 1 is 1.22 bits per heavy atom. The van der Waals surface area contributed by atoms with E-state index in [0.717, 1.165) is 0 Å². The molecule has 0 aliphatic carbocycles. The zero-order valence-corrected chi connectivity index (χ0v) is 12.9. The average molecular weight is 330 g/mol. The number of carboxylic acid groups (broad SMARTS) is 1. The molecule has 0 aromatic carbocycles. The summed E-state index contributed by atoms with van der Waals surface area (Å²) >= 11 is 0. The average Bonchev–Trinajstić information content (AvgIpc) is 3.22. The van der Waals surface area contributed by atoms with Gasteiger partial charge in [-0.25, -0.2) is 4.79 Å². The molecule has 1 saturated heterocycles. The summed E-state index contributed by atoms with van der Waals surface area (Å²) in [5, 5.41) is 13.6. The van der Waals surface area contributed by atoms with Crippen molar-refractivity contribution in [2.45, 2.75) is 44.6 Å². The molecular weight excluding hydrogens is 308 g/mol. The van der Waals surface area contributed by atoms with E-state index in [-0.39, 0.29) is 12.5 Å². The highest BCUT2D eigenvalue weighted by Gasteiger charge is 2.49. The van der Waals surface area contributed by atoms with Gasteiger partial charge < -0.3 is 31.9 Å². The second-order valence-corrected chi connectivity index (χ2v) is 5.76. The lowest BCUT2D eigenvalue weighted by atomic mass is 10.0. The highest BCUT2D eigenvalue weighted by Crippen LogP contribution is 2.21. The van der Waals surface area contributed by atoms with E-state index in [9.17, 15) is 19.2 Å². The van der Waals surface area contributed by atoms with E-state index in [1.165, 1.54) is 0 Å². The van der Waals surface area contributed by atoms with Crippen LogP contribution < -0.4 is 22.1 Å². The summed E-state index contributed by atoms with van der Waals surface area (Å²) in [7, 11) is 0. The van der Waals surface area contributed by atoms with Crippen molar-refractivity contribution in [3.63, 3.8) is 0 Å². The van der Waals surface area contributed by atoms with Crippen LogP contribution >= 0.6 is 0 Å². The first kappa shape index (κ1) is 18.8. The maximum atomic E-state index is 11.8. The lowest BCUT2D eigenvalue weighted by Crippen LogP contribution is -2.53. The molecule has 0 radical (unpaired) electrons. The molecule has 1 fully saturated rings. The van der Waals surface area contributed by atoms with Gasteiger partial charge in [-0.3, -0.25) is 14.4 Å². The highest BCUT2D eigenvalue weighted by atomic mass is 16.6. The van der Waals surface area contributed by atoms with Crippen LogP contribution in [0.3, 0.4) is 0 Å². The summed E-state index contributed by atoms with van der Waals surface area (Å²) in [6, 6.07) is -2.17. The van der Waals surface area contributed by atoms with E-state index >= 15 is 0 Å². The van der Waals surface area contributed by atoms with Crippen LogP contribution in [-0.2, 0) is 23.9 Å². The van der Waals surface area contributed by atoms with Gasteiger partial charge in [-0.2, -0.15) is 0 Å². The molecule has 10 heteroatoms. The van der Waals surface area contributed by atoms with Gasteiger partial charge in [0.25, 0.3) is 5.91 Å². The number of ether oxygens (including phenoxy) is 1. The van der Waals surface area contributed by atoms with Crippen molar-refractivity contribution < 1.29 is 29.0 Å². The first-order valence-corrected chi connectivity index (χ1v) is 7.14. The van der Waals surface area contributed by atoms with Gasteiger partial charge in [0.05, 0.1) is 6.04 Å². The predicted molar refractivity (Wildman–Crippen MR) is 77.9 cm³/mol. The summed E-state index contributed by atoms with van der Waals surface area (Å²) in [4.78, 5) is 45.4. The zero-order valence-electron chi connectivity index (χ0n) is 12.9. The molecule has 1 heterocycles. The van der Waals surface area contributed by atoms with Crippen LogP contribution in [0.5, 0.6) is 0 Å². The van der Waals surface area contributed by atoms with Crippen molar-refractivity contribution in [3.8, 4) is 0 Å². The van der Waals surface area contributed by atoms with Gasteiger partial charge in [0.2, 0.25) is 11.8 Å². The standard InChI is InChI=1S/C13H22N4O6/c1-5(2)3-6(14)11(19)17-7(13(21)22)4-16-12(20)9-8(23-9)10(15)18/h5-9H,3-4,14H2,1-2H3,(H2,15,18)(H,16,20)(H,17,19)(H,21,22)/t6-,7-,8?,9?/m0/s1. The molecule has 1 aliphatic rings. The van der Waals surface area contributed by atoms with E-state index in [0.29, 0.717) is 6.42 Å². The Bertz CT molecular complexity index is 495. The maximum Gasteiger partial charge on any atom is 0.328 e. The quantitative estimate of drug-likeness (QED) is 0.285. The van der Waals surface area contributed by atoms with Gasteiger partial charge in [-0.05, 0) is 12.3 Å². The van der Waals surface area contributed by atoms with Crippen molar-refractivity contribution in [2.75, 3.05) is 6.54 Å². The fraction of sp³-hybridized carbons (Fsp3) is 0.692. The number of primary amides is 1. The molecule has 130 valence electrons. The first-order chi connectivity index (χ1) is 10.6. The molecule has 1 aliphatic heterocycles. The maximum absolute atomic E-state index is 11.8. The minimum Gasteiger partial charge on any atom is -0.480 e. The smallest absolute Gasteiger partial charge is 0.328 e. The number of rotatable bonds is 9. The SMILES string of the molecule is CC(C)C[C@H](N)C(=O)N[C@@H](CNC(=O)C1OC1C(N)=O)C(=O)O. The fourth-order valence-electron chi connectivity index (χ4n) is 1.93. The molecule has 4 atom stereocenters. The van der Waals surface area contributed by atoms with E-state index in [1.807, 2.05) is 13.8 Å². The molecular formula is C13H22N4O6. The van der Waals surface area contributed by atoms with Crippen LogP contribution in [0, 0.1) is 5.92 Å². The number of epoxide rings is 1. The molecule has 0 spiro atoms. The molecule has 0 aromatic heterocycles. The van der Waals surface area contributed by atoms with Gasteiger partial charge in [0, 0.05) is 6.54 Å². The van der Waals surface area contributed by atoms with Crippen molar-refractivity contribution in [3.05, 3.63) is 0 Å². The molecule has 0 aromatic rings. The van der Waals surface area contributed by atoms with E-state index < -0.39 is 48.0 Å². The largest absolute Gasteiger partial charge is 0.480 e. The number of hydrogen-bond acceptors (Lipinski definition) is 6. The van der Waals surface area contributed by atoms with Crippen LogP contribution in [-0.4, -0.2) is 59.6 Å². The summed E-state index contributed by atoms with van der Waals surface area (Å²) < 4.78 is 4.75. The van der Waals surface area contributed by atoms with Crippen molar-refractivity contribution >= 4 is 23.7 Å². The summed E-state index contributed by atoms with van der Waals surface area (Å²) in [6.07, 6.45) is -1.60. The molecule has 0 saturated carbocycles. The minimum absolute atomic E-state index is 0.177. The third kappa shape index (κ3) is 5.83. The Labute approximate surface area is 132 Å². The van der Waals surface area contributed by atoms with Crippen molar-refractivity contribution in [1.29, 1.82) is 0 Å². The molecule has 7 N–H and O–H groups in total. The third-order valence-corrected chi connectivity index (χ3v) is 3.19. The van der Waals surface area contributed by atoms with Crippen LogP contribution in [0.4, 0.5) is 0 Å². The van der Waals surface area contributed by atoms with E-state index in [2.05, 4.69) is 10.6 Å². The number of carbonyl (C=O) groups excluding carboxylic acids is 3. The Balaban J connectivity index is 2.47. The summed E-state index contributed by atoms with van der Waals surface area (Å²) in [6.45, 7) is 3.40. The molecule has 0 bridgehead atoms. The van der Waals surface area contributed by atoms with Gasteiger partial charge in [-0.15, -0.1) is 0 Å². The van der Waals surface area contributed by atoms with Crippen molar-refractivity contribution in [1.82, 2.24) is 10.6 Å². The van der Waals surface area contributed by atoms with Crippen LogP contribution in [0.1, 0.15) is 20.3 Å². The summed E-state index contributed by atoms with van der Waals surface area (Å²) in [5.41, 5.74) is 10.6. The highest BCUT2D eigenvalue weighted by molar-refractivity contribution is 5.94. The molecule has 2 unspecified atom stereocenters. The Hall–Kier alpha value is -2.20. The lowest BCUT2D eigenvalue weighted by Gasteiger charge is -2.19. The number of amides is 3. The summed E-state index contributed by atoms with van der Waals surface area (Å²) in [5.74, 6) is -3.19. The first-order valence-electron chi connectivity index (χ1n) is 7.14. The van der Waals surface area contributed by atoms with E-state index in [4.69, 9.17) is 21.3 Å². The third-order valence-electron chi connectivity index (χ3n) is 3.19. The number of carboxylic acids is 1. The number of carbonyl (C=O) groups is 4. The lowest BCUT2D eigenvalue weighted by molar-refractivity contribution is -0.142. The van der Waals surface area contributed by atoms with Crippen LogP contribution in [0.25, 0.3) is 0 Å². The molecule has 1 rings (SSSR count). The van der Waals surface area contributed by atoms with Gasteiger partial charge in [0.15, 0.2) is 12.2 Å². The monoisotopic (exact) mass is 330 g/mol. The normalized spacial score (nSPS) is 22.1. The molecule has 3 amide bonds. The van der Waals surface area contributed by atoms with Crippen molar-refractivity contribution in [2.24, 2.45) is 17.4 Å². The van der Waals surface area contributed by atoms with Gasteiger partial charge in [0.1, 0.15) is 6.04 Å². The van der Waals surface area contributed by atoms with Crippen LogP contribution in [0.15, 0.2) is 0 Å². The molecule has 10 nitrogen and oxygen atoms in total. The number of hydrogen-bond donors (Lipinski definition) is 5. The van der Waals surface area contributed by atoms with Gasteiger partial charge >= 0.3 is 5.97 Å². The number of nitrogens with two attached hydrogens (primary N) is 2. The number of nitrogens with one attached hydrogen (secondary N) is 2. The topological polar surface area (TPSA) is 177 Å². The zero-order chi connectivity index (χ0) is 17.7. The predicted octanol–water partition coefficient (Wildman–Crippen LogP) is -2.70. The Kier molecular flexibility index (Phi) is 6.46. The minimum atomic E-state index is -1.34. The second kappa shape index (κ2) is 7.88. The Morgan fingerprint density at radius 3 is 2.26 bits per heavy atom. The fourth-order valence-corrected chi connectivity index (χ4v) is 1.93. The molecule has 23 heavy (non-hydrogen) atoms. The second-order valence-electron chi connectivity index (χ2n) is 5.76. The van der Waals surface area contributed by atoms with Gasteiger partial charge in [-0.1, -0.05) is 13.8 Å². The van der Waals surface area contributed by atoms with Crippen LogP contribution in [0.2, 0.25) is 0 Å². The number of aliphatic carboxylic acids is 1.